The third-order valence-electron chi connectivity index (χ3n) is 4.81. The molecule has 0 spiro atoms. The van der Waals surface area contributed by atoms with Crippen LogP contribution in [0.3, 0.4) is 0 Å². The Morgan fingerprint density at radius 2 is 1.92 bits per heavy atom. The first kappa shape index (κ1) is 17.5. The molecule has 7 nitrogen and oxygen atoms in total. The summed E-state index contributed by atoms with van der Waals surface area (Å²) in [5.74, 6) is 0.275. The van der Waals surface area contributed by atoms with E-state index in [0.717, 1.165) is 44.1 Å². The molecule has 1 atom stereocenters. The molecular weight excluding hydrogens is 318 g/mol. The van der Waals surface area contributed by atoms with Crippen LogP contribution in [-0.2, 0) is 4.79 Å². The van der Waals surface area contributed by atoms with Crippen LogP contribution in [0.2, 0.25) is 0 Å². The minimum atomic E-state index is -0.795. The van der Waals surface area contributed by atoms with Gasteiger partial charge in [-0.1, -0.05) is 56.0 Å². The second-order valence-electron chi connectivity index (χ2n) is 6.83. The summed E-state index contributed by atoms with van der Waals surface area (Å²) < 4.78 is 0. The molecule has 1 amide bonds. The Balaban J connectivity index is 1.60. The Labute approximate surface area is 147 Å². The zero-order valence-corrected chi connectivity index (χ0v) is 14.6. The second kappa shape index (κ2) is 7.74. The predicted octanol–water partition coefficient (Wildman–Crippen LogP) is 2.10. The van der Waals surface area contributed by atoms with Crippen molar-refractivity contribution < 1.29 is 9.90 Å². The third-order valence-corrected chi connectivity index (χ3v) is 4.81. The van der Waals surface area contributed by atoms with E-state index in [1.54, 1.807) is 6.92 Å². The molecule has 1 aromatic heterocycles. The Hall–Kier alpha value is -2.28. The number of aliphatic hydroxyl groups is 1. The second-order valence-corrected chi connectivity index (χ2v) is 6.83. The van der Waals surface area contributed by atoms with Gasteiger partial charge in [0.05, 0.1) is 5.60 Å². The molecule has 1 aliphatic rings. The molecule has 134 valence electrons. The van der Waals surface area contributed by atoms with Crippen LogP contribution in [0.15, 0.2) is 30.3 Å². The van der Waals surface area contributed by atoms with Crippen molar-refractivity contribution in [3.05, 3.63) is 30.3 Å². The van der Waals surface area contributed by atoms with Gasteiger partial charge in [-0.05, 0) is 25.0 Å². The van der Waals surface area contributed by atoms with Crippen molar-refractivity contribution in [3.8, 4) is 11.4 Å². The monoisotopic (exact) mass is 343 g/mol. The zero-order valence-electron chi connectivity index (χ0n) is 14.6. The van der Waals surface area contributed by atoms with Gasteiger partial charge in [0.1, 0.15) is 6.04 Å². The smallest absolute Gasteiger partial charge is 0.246 e. The van der Waals surface area contributed by atoms with Crippen LogP contribution >= 0.6 is 0 Å². The van der Waals surface area contributed by atoms with E-state index in [1.807, 2.05) is 30.3 Å². The van der Waals surface area contributed by atoms with Crippen LogP contribution in [-0.4, -0.2) is 43.4 Å². The summed E-state index contributed by atoms with van der Waals surface area (Å²) in [5.41, 5.74) is 0.0609. The maximum absolute atomic E-state index is 12.4. The maximum Gasteiger partial charge on any atom is 0.246 e. The third kappa shape index (κ3) is 4.42. The maximum atomic E-state index is 12.4. The highest BCUT2D eigenvalue weighted by Crippen LogP contribution is 2.26. The van der Waals surface area contributed by atoms with E-state index in [4.69, 9.17) is 0 Å². The van der Waals surface area contributed by atoms with Crippen LogP contribution in [0, 0.1) is 0 Å². The Bertz CT molecular complexity index is 693. The van der Waals surface area contributed by atoms with Gasteiger partial charge in [0.2, 0.25) is 11.7 Å². The van der Waals surface area contributed by atoms with Crippen molar-refractivity contribution in [1.82, 2.24) is 25.5 Å². The van der Waals surface area contributed by atoms with Crippen molar-refractivity contribution >= 4 is 5.91 Å². The normalized spacial score (nSPS) is 18.3. The van der Waals surface area contributed by atoms with Gasteiger partial charge in [0.25, 0.3) is 0 Å². The van der Waals surface area contributed by atoms with E-state index < -0.39 is 11.6 Å². The minimum Gasteiger partial charge on any atom is -0.388 e. The fraction of sp³-hybridized carbons (Fsp3) is 0.556. The molecule has 1 aromatic carbocycles. The number of nitrogens with zero attached hydrogens (tertiary/aromatic N) is 4. The zero-order chi connectivity index (χ0) is 17.7. The Morgan fingerprint density at radius 1 is 1.24 bits per heavy atom. The number of amides is 1. The lowest BCUT2D eigenvalue weighted by atomic mass is 9.94. The summed E-state index contributed by atoms with van der Waals surface area (Å²) in [6.45, 7) is 2.00. The van der Waals surface area contributed by atoms with E-state index in [0.29, 0.717) is 5.82 Å². The van der Waals surface area contributed by atoms with E-state index in [-0.39, 0.29) is 12.5 Å². The molecule has 1 unspecified atom stereocenters. The quantitative estimate of drug-likeness (QED) is 0.811. The molecule has 25 heavy (non-hydrogen) atoms. The van der Waals surface area contributed by atoms with Crippen molar-refractivity contribution in [2.24, 2.45) is 0 Å². The van der Waals surface area contributed by atoms with Crippen LogP contribution < -0.4 is 5.32 Å². The van der Waals surface area contributed by atoms with Crippen molar-refractivity contribution in [1.29, 1.82) is 0 Å². The Kier molecular flexibility index (Phi) is 5.43. The van der Waals surface area contributed by atoms with Crippen LogP contribution in [0.1, 0.15) is 51.5 Å². The largest absolute Gasteiger partial charge is 0.388 e. The lowest BCUT2D eigenvalue weighted by Crippen LogP contribution is -2.44. The molecule has 0 bridgehead atoms. The number of carbonyl (C=O) groups excluding carboxylic acids is 1. The van der Waals surface area contributed by atoms with Crippen molar-refractivity contribution in [2.45, 2.75) is 57.1 Å². The molecule has 0 saturated heterocycles. The summed E-state index contributed by atoms with van der Waals surface area (Å²) in [7, 11) is 0. The molecule has 1 fully saturated rings. The first-order valence-electron chi connectivity index (χ1n) is 8.92. The SMILES string of the molecule is CC(C(=O)NCC1(O)CCCCCC1)n1nnc(-c2ccccc2)n1. The topological polar surface area (TPSA) is 92.9 Å². The van der Waals surface area contributed by atoms with Gasteiger partial charge < -0.3 is 10.4 Å². The van der Waals surface area contributed by atoms with Gasteiger partial charge in [-0.15, -0.1) is 10.2 Å². The first-order valence-corrected chi connectivity index (χ1v) is 8.92. The van der Waals surface area contributed by atoms with Gasteiger partial charge in [-0.25, -0.2) is 0 Å². The number of hydrogen-bond donors (Lipinski definition) is 2. The van der Waals surface area contributed by atoms with E-state index in [9.17, 15) is 9.90 Å². The number of carbonyl (C=O) groups is 1. The number of tetrazole rings is 1. The van der Waals surface area contributed by atoms with Crippen LogP contribution in [0.4, 0.5) is 0 Å². The number of hydrogen-bond acceptors (Lipinski definition) is 5. The summed E-state index contributed by atoms with van der Waals surface area (Å²) in [6, 6.07) is 8.93. The standard InChI is InChI=1S/C18H25N5O2/c1-14(17(24)19-13-18(25)11-7-2-3-8-12-18)23-21-16(20-22-23)15-9-5-4-6-10-15/h4-6,9-10,14,25H,2-3,7-8,11-13H2,1H3,(H,19,24). The van der Waals surface area contributed by atoms with Gasteiger partial charge in [0.15, 0.2) is 0 Å². The van der Waals surface area contributed by atoms with Crippen molar-refractivity contribution in [3.63, 3.8) is 0 Å². The number of benzene rings is 1. The summed E-state index contributed by atoms with van der Waals surface area (Å²) >= 11 is 0. The molecule has 0 radical (unpaired) electrons. The molecule has 0 aliphatic heterocycles. The predicted molar refractivity (Wildman–Crippen MR) is 93.6 cm³/mol. The van der Waals surface area contributed by atoms with Crippen LogP contribution in [0.5, 0.6) is 0 Å². The lowest BCUT2D eigenvalue weighted by molar-refractivity contribution is -0.125. The van der Waals surface area contributed by atoms with Gasteiger partial charge in [-0.3, -0.25) is 4.79 Å². The molecule has 2 N–H and O–H groups in total. The molecule has 1 heterocycles. The van der Waals surface area contributed by atoms with Crippen molar-refractivity contribution in [2.75, 3.05) is 6.54 Å². The summed E-state index contributed by atoms with van der Waals surface area (Å²) in [6.07, 6.45) is 5.79. The minimum absolute atomic E-state index is 0.213. The van der Waals surface area contributed by atoms with E-state index in [1.165, 1.54) is 4.80 Å². The fourth-order valence-electron chi connectivity index (χ4n) is 3.16. The van der Waals surface area contributed by atoms with Gasteiger partial charge in [-0.2, -0.15) is 4.80 Å². The molecule has 7 heteroatoms. The number of aromatic nitrogens is 4. The summed E-state index contributed by atoms with van der Waals surface area (Å²) in [5, 5.41) is 25.8. The van der Waals surface area contributed by atoms with Crippen LogP contribution in [0.25, 0.3) is 11.4 Å². The Morgan fingerprint density at radius 3 is 2.60 bits per heavy atom. The highest BCUT2D eigenvalue weighted by molar-refractivity contribution is 5.79. The molecule has 3 rings (SSSR count). The average Bonchev–Trinajstić information content (AvgIpc) is 3.03. The lowest BCUT2D eigenvalue weighted by Gasteiger charge is -2.27. The highest BCUT2D eigenvalue weighted by atomic mass is 16.3. The molecule has 1 aliphatic carbocycles. The fourth-order valence-corrected chi connectivity index (χ4v) is 3.16. The summed E-state index contributed by atoms with van der Waals surface area (Å²) in [4.78, 5) is 13.7. The average molecular weight is 343 g/mol. The molecule has 2 aromatic rings. The molecular formula is C18H25N5O2. The van der Waals surface area contributed by atoms with E-state index in [2.05, 4.69) is 20.7 Å². The van der Waals surface area contributed by atoms with Gasteiger partial charge in [0, 0.05) is 12.1 Å². The first-order chi connectivity index (χ1) is 12.1. The number of nitrogens with one attached hydrogen (secondary N) is 1. The van der Waals surface area contributed by atoms with E-state index >= 15 is 0 Å². The molecule has 1 saturated carbocycles. The van der Waals surface area contributed by atoms with Gasteiger partial charge >= 0.3 is 0 Å². The highest BCUT2D eigenvalue weighted by Gasteiger charge is 2.29. The number of rotatable bonds is 5.